The summed E-state index contributed by atoms with van der Waals surface area (Å²) in [5.41, 5.74) is 0.315. The van der Waals surface area contributed by atoms with Crippen LogP contribution < -0.4 is 5.32 Å². The van der Waals surface area contributed by atoms with Gasteiger partial charge in [-0.3, -0.25) is 4.98 Å². The molecule has 2 rings (SSSR count). The summed E-state index contributed by atoms with van der Waals surface area (Å²) in [6.07, 6.45) is -1.19. The molecule has 20 heavy (non-hydrogen) atoms. The van der Waals surface area contributed by atoms with E-state index in [-0.39, 0.29) is 5.56 Å². The molecule has 5 heteroatoms. The van der Waals surface area contributed by atoms with Crippen LogP contribution in [0, 0.1) is 0 Å². The van der Waals surface area contributed by atoms with E-state index in [0.717, 1.165) is 6.07 Å². The lowest BCUT2D eigenvalue weighted by atomic mass is 9.95. The molecular formula is C15H15F3N2. The molecule has 2 nitrogen and oxygen atoms in total. The third kappa shape index (κ3) is 3.17. The highest BCUT2D eigenvalue weighted by Gasteiger charge is 2.35. The third-order valence-electron chi connectivity index (χ3n) is 3.00. The maximum Gasteiger partial charge on any atom is 0.416 e. The summed E-state index contributed by atoms with van der Waals surface area (Å²) < 4.78 is 39.4. The first kappa shape index (κ1) is 14.5. The van der Waals surface area contributed by atoms with Gasteiger partial charge in [0.15, 0.2) is 0 Å². The molecule has 0 aliphatic rings. The minimum atomic E-state index is -4.37. The fraction of sp³-hybridized carbons (Fsp3) is 0.267. The van der Waals surface area contributed by atoms with Crippen LogP contribution >= 0.6 is 0 Å². The minimum absolute atomic E-state index is 0.217. The van der Waals surface area contributed by atoms with Gasteiger partial charge >= 0.3 is 6.18 Å². The number of halogens is 3. The lowest BCUT2D eigenvalue weighted by molar-refractivity contribution is -0.138. The van der Waals surface area contributed by atoms with E-state index in [1.165, 1.54) is 12.1 Å². The Hall–Kier alpha value is -1.88. The molecule has 0 aliphatic heterocycles. The zero-order valence-corrected chi connectivity index (χ0v) is 11.0. The van der Waals surface area contributed by atoms with Gasteiger partial charge in [0.2, 0.25) is 0 Å². The Kier molecular flexibility index (Phi) is 4.39. The van der Waals surface area contributed by atoms with Crippen molar-refractivity contribution in [2.75, 3.05) is 6.54 Å². The lowest BCUT2D eigenvalue weighted by Gasteiger charge is -2.22. The number of hydrogen-bond acceptors (Lipinski definition) is 2. The number of aromatic nitrogens is 1. The van der Waals surface area contributed by atoms with E-state index >= 15 is 0 Å². The molecule has 1 aromatic heterocycles. The number of nitrogens with zero attached hydrogens (tertiary/aromatic N) is 1. The Bertz CT molecular complexity index is 553. The summed E-state index contributed by atoms with van der Waals surface area (Å²) in [5.74, 6) is 0. The topological polar surface area (TPSA) is 24.9 Å². The van der Waals surface area contributed by atoms with Crippen molar-refractivity contribution in [1.29, 1.82) is 0 Å². The highest BCUT2D eigenvalue weighted by atomic mass is 19.4. The summed E-state index contributed by atoms with van der Waals surface area (Å²) in [6.45, 7) is 2.42. The second kappa shape index (κ2) is 6.05. The van der Waals surface area contributed by atoms with Crippen LogP contribution in [0.5, 0.6) is 0 Å². The largest absolute Gasteiger partial charge is 0.416 e. The fourth-order valence-corrected chi connectivity index (χ4v) is 2.17. The van der Waals surface area contributed by atoms with Crippen molar-refractivity contribution in [3.63, 3.8) is 0 Å². The standard InChI is InChI=1S/C15H15F3N2/c1-2-20-14(11-6-5-9-19-10-11)12-7-3-4-8-13(12)15(16,17)18/h3-10,14,20H,2H2,1H3. The number of benzene rings is 1. The molecule has 0 aliphatic carbocycles. The average Bonchev–Trinajstić information content (AvgIpc) is 2.45. The summed E-state index contributed by atoms with van der Waals surface area (Å²) in [7, 11) is 0. The van der Waals surface area contributed by atoms with Gasteiger partial charge in [0.05, 0.1) is 11.6 Å². The van der Waals surface area contributed by atoms with Crippen molar-refractivity contribution < 1.29 is 13.2 Å². The van der Waals surface area contributed by atoms with Gasteiger partial charge in [0.25, 0.3) is 0 Å². The summed E-state index contributed by atoms with van der Waals surface area (Å²) >= 11 is 0. The minimum Gasteiger partial charge on any atom is -0.306 e. The maximum absolute atomic E-state index is 13.1. The van der Waals surface area contributed by atoms with Gasteiger partial charge in [0.1, 0.15) is 0 Å². The molecule has 1 heterocycles. The average molecular weight is 280 g/mol. The lowest BCUT2D eigenvalue weighted by Crippen LogP contribution is -2.25. The van der Waals surface area contributed by atoms with Crippen molar-refractivity contribution in [2.45, 2.75) is 19.1 Å². The number of rotatable bonds is 4. The Morgan fingerprint density at radius 3 is 2.50 bits per heavy atom. The third-order valence-corrected chi connectivity index (χ3v) is 3.00. The first-order valence-corrected chi connectivity index (χ1v) is 6.33. The number of pyridine rings is 1. The molecule has 0 bridgehead atoms. The van der Waals surface area contributed by atoms with Crippen molar-refractivity contribution in [3.8, 4) is 0 Å². The molecule has 0 fully saturated rings. The van der Waals surface area contributed by atoms with E-state index in [4.69, 9.17) is 0 Å². The van der Waals surface area contributed by atoms with Gasteiger partial charge < -0.3 is 5.32 Å². The SMILES string of the molecule is CCNC(c1cccnc1)c1ccccc1C(F)(F)F. The Labute approximate surface area is 115 Å². The number of nitrogens with one attached hydrogen (secondary N) is 1. The van der Waals surface area contributed by atoms with E-state index in [2.05, 4.69) is 10.3 Å². The van der Waals surface area contributed by atoms with E-state index in [9.17, 15) is 13.2 Å². The predicted molar refractivity (Wildman–Crippen MR) is 71.2 cm³/mol. The smallest absolute Gasteiger partial charge is 0.306 e. The highest BCUT2D eigenvalue weighted by molar-refractivity contribution is 5.38. The normalized spacial score (nSPS) is 13.2. The first-order chi connectivity index (χ1) is 9.54. The molecule has 0 spiro atoms. The van der Waals surface area contributed by atoms with Gasteiger partial charge in [-0.2, -0.15) is 13.2 Å². The Balaban J connectivity index is 2.51. The van der Waals surface area contributed by atoms with E-state index in [1.807, 2.05) is 6.92 Å². The zero-order valence-electron chi connectivity index (χ0n) is 11.0. The molecular weight excluding hydrogens is 265 g/mol. The summed E-state index contributed by atoms with van der Waals surface area (Å²) in [5, 5.41) is 3.09. The van der Waals surface area contributed by atoms with Crippen LogP contribution in [-0.4, -0.2) is 11.5 Å². The first-order valence-electron chi connectivity index (χ1n) is 6.33. The van der Waals surface area contributed by atoms with Crippen LogP contribution in [-0.2, 0) is 6.18 Å². The maximum atomic E-state index is 13.1. The van der Waals surface area contributed by atoms with Gasteiger partial charge in [-0.15, -0.1) is 0 Å². The van der Waals surface area contributed by atoms with E-state index in [0.29, 0.717) is 12.1 Å². The predicted octanol–water partition coefficient (Wildman–Crippen LogP) is 3.80. The van der Waals surface area contributed by atoms with Crippen molar-refractivity contribution in [1.82, 2.24) is 10.3 Å². The van der Waals surface area contributed by atoms with Crippen LogP contribution in [0.15, 0.2) is 48.8 Å². The van der Waals surface area contributed by atoms with Crippen LogP contribution in [0.2, 0.25) is 0 Å². The summed E-state index contributed by atoms with van der Waals surface area (Å²) in [4.78, 5) is 3.98. The van der Waals surface area contributed by atoms with Gasteiger partial charge in [-0.05, 0) is 29.8 Å². The molecule has 1 atom stereocenters. The molecule has 1 aromatic carbocycles. The quantitative estimate of drug-likeness (QED) is 0.921. The molecule has 106 valence electrons. The monoisotopic (exact) mass is 280 g/mol. The number of alkyl halides is 3. The van der Waals surface area contributed by atoms with E-state index in [1.54, 1.807) is 30.6 Å². The summed E-state index contributed by atoms with van der Waals surface area (Å²) in [6, 6.07) is 8.60. The van der Waals surface area contributed by atoms with Crippen LogP contribution in [0.25, 0.3) is 0 Å². The van der Waals surface area contributed by atoms with Crippen molar-refractivity contribution >= 4 is 0 Å². The van der Waals surface area contributed by atoms with Crippen molar-refractivity contribution in [2.24, 2.45) is 0 Å². The van der Waals surface area contributed by atoms with Gasteiger partial charge in [-0.1, -0.05) is 31.2 Å². The van der Waals surface area contributed by atoms with Gasteiger partial charge in [0, 0.05) is 12.4 Å². The second-order valence-electron chi connectivity index (χ2n) is 4.36. The van der Waals surface area contributed by atoms with E-state index < -0.39 is 17.8 Å². The molecule has 0 saturated carbocycles. The Morgan fingerprint density at radius 2 is 1.90 bits per heavy atom. The molecule has 0 saturated heterocycles. The highest BCUT2D eigenvalue weighted by Crippen LogP contribution is 2.36. The van der Waals surface area contributed by atoms with Crippen LogP contribution in [0.1, 0.15) is 29.7 Å². The molecule has 0 amide bonds. The number of hydrogen-bond donors (Lipinski definition) is 1. The van der Waals surface area contributed by atoms with Gasteiger partial charge in [-0.25, -0.2) is 0 Å². The molecule has 1 N–H and O–H groups in total. The zero-order chi connectivity index (χ0) is 14.6. The van der Waals surface area contributed by atoms with Crippen LogP contribution in [0.4, 0.5) is 13.2 Å². The van der Waals surface area contributed by atoms with Crippen LogP contribution in [0.3, 0.4) is 0 Å². The van der Waals surface area contributed by atoms with Crippen molar-refractivity contribution in [3.05, 3.63) is 65.5 Å². The Morgan fingerprint density at radius 1 is 1.15 bits per heavy atom. The molecule has 0 radical (unpaired) electrons. The second-order valence-corrected chi connectivity index (χ2v) is 4.36. The molecule has 1 unspecified atom stereocenters. The molecule has 2 aromatic rings. The fourth-order valence-electron chi connectivity index (χ4n) is 2.17.